The molecule has 0 radical (unpaired) electrons. The fourth-order valence-corrected chi connectivity index (χ4v) is 3.88. The van der Waals surface area contributed by atoms with Crippen LogP contribution in [0.5, 0.6) is 0 Å². The molecule has 0 amide bonds. The van der Waals surface area contributed by atoms with E-state index in [1.807, 2.05) is 0 Å². The van der Waals surface area contributed by atoms with Gasteiger partial charge in [-0.15, -0.1) is 0 Å². The maximum absolute atomic E-state index is 12.5. The predicted octanol–water partition coefficient (Wildman–Crippen LogP) is 0.823. The number of sulfonamides is 1. The second-order valence-corrected chi connectivity index (χ2v) is 7.83. The van der Waals surface area contributed by atoms with Crippen molar-refractivity contribution in [2.45, 2.75) is 38.1 Å². The molecule has 0 bridgehead atoms. The molecule has 108 valence electrons. The van der Waals surface area contributed by atoms with Gasteiger partial charge in [0.2, 0.25) is 10.0 Å². The summed E-state index contributed by atoms with van der Waals surface area (Å²) in [5.41, 5.74) is 0.680. The number of rotatable bonds is 2. The molecule has 0 aliphatic carbocycles. The van der Waals surface area contributed by atoms with Crippen LogP contribution < -0.4 is 0 Å². The summed E-state index contributed by atoms with van der Waals surface area (Å²) in [6.45, 7) is 10.8. The zero-order valence-electron chi connectivity index (χ0n) is 12.0. The van der Waals surface area contributed by atoms with Crippen LogP contribution in [-0.2, 0) is 10.0 Å². The summed E-state index contributed by atoms with van der Waals surface area (Å²) in [6.07, 6.45) is 1.39. The minimum absolute atomic E-state index is 0.0847. The standard InChI is InChI=1S/C12H22N4O2S/c1-10-11(9-13-14-10)19(17,18)16-7-5-15(6-8-16)12(2,3)4/h9H,5-8H2,1-4H3,(H,13,14). The first-order valence-electron chi connectivity index (χ1n) is 6.48. The smallest absolute Gasteiger partial charge is 0.246 e. The third-order valence-electron chi connectivity index (χ3n) is 3.59. The molecule has 0 atom stereocenters. The third-order valence-corrected chi connectivity index (χ3v) is 5.60. The fourth-order valence-electron chi connectivity index (χ4n) is 2.34. The van der Waals surface area contributed by atoms with Crippen LogP contribution in [-0.4, -0.2) is 59.5 Å². The number of aromatic amines is 1. The predicted molar refractivity (Wildman–Crippen MR) is 73.4 cm³/mol. The Morgan fingerprint density at radius 3 is 2.21 bits per heavy atom. The van der Waals surface area contributed by atoms with Crippen molar-refractivity contribution in [1.82, 2.24) is 19.4 Å². The lowest BCUT2D eigenvalue weighted by molar-refractivity contribution is 0.0921. The van der Waals surface area contributed by atoms with Gasteiger partial charge in [-0.3, -0.25) is 10.00 Å². The molecule has 7 heteroatoms. The summed E-state index contributed by atoms with van der Waals surface area (Å²) >= 11 is 0. The van der Waals surface area contributed by atoms with Gasteiger partial charge >= 0.3 is 0 Å². The van der Waals surface area contributed by atoms with Crippen molar-refractivity contribution >= 4 is 10.0 Å². The van der Waals surface area contributed by atoms with Crippen LogP contribution in [0.1, 0.15) is 26.5 Å². The molecule has 1 fully saturated rings. The normalized spacial score (nSPS) is 19.8. The van der Waals surface area contributed by atoms with Gasteiger partial charge in [0.05, 0.1) is 11.9 Å². The van der Waals surface area contributed by atoms with E-state index in [9.17, 15) is 8.42 Å². The van der Waals surface area contributed by atoms with E-state index < -0.39 is 10.0 Å². The minimum Gasteiger partial charge on any atom is -0.296 e. The Labute approximate surface area is 114 Å². The zero-order chi connectivity index (χ0) is 14.3. The maximum Gasteiger partial charge on any atom is 0.246 e. The molecular weight excluding hydrogens is 264 g/mol. The van der Waals surface area contributed by atoms with Gasteiger partial charge in [-0.1, -0.05) is 0 Å². The van der Waals surface area contributed by atoms with E-state index in [2.05, 4.69) is 35.9 Å². The Morgan fingerprint density at radius 2 is 1.79 bits per heavy atom. The highest BCUT2D eigenvalue weighted by Crippen LogP contribution is 2.22. The Morgan fingerprint density at radius 1 is 1.21 bits per heavy atom. The second kappa shape index (κ2) is 4.88. The van der Waals surface area contributed by atoms with E-state index in [-0.39, 0.29) is 10.4 Å². The third kappa shape index (κ3) is 2.82. The SMILES string of the molecule is Cc1[nH]ncc1S(=O)(=O)N1CCN(C(C)(C)C)CC1. The van der Waals surface area contributed by atoms with E-state index in [1.54, 1.807) is 11.2 Å². The van der Waals surface area contributed by atoms with Crippen LogP contribution >= 0.6 is 0 Å². The number of nitrogens with one attached hydrogen (secondary N) is 1. The Bertz CT molecular complexity index is 536. The highest BCUT2D eigenvalue weighted by Gasteiger charge is 2.33. The molecule has 19 heavy (non-hydrogen) atoms. The highest BCUT2D eigenvalue weighted by atomic mass is 32.2. The zero-order valence-corrected chi connectivity index (χ0v) is 12.8. The maximum atomic E-state index is 12.5. The quantitative estimate of drug-likeness (QED) is 0.874. The van der Waals surface area contributed by atoms with Gasteiger partial charge in [0.1, 0.15) is 4.90 Å². The van der Waals surface area contributed by atoms with Crippen molar-refractivity contribution in [1.29, 1.82) is 0 Å². The lowest BCUT2D eigenvalue weighted by atomic mass is 10.1. The van der Waals surface area contributed by atoms with Gasteiger partial charge in [-0.25, -0.2) is 8.42 Å². The summed E-state index contributed by atoms with van der Waals surface area (Å²) in [5.74, 6) is 0. The van der Waals surface area contributed by atoms with Crippen molar-refractivity contribution in [3.63, 3.8) is 0 Å². The van der Waals surface area contributed by atoms with Crippen LogP contribution in [0.15, 0.2) is 11.1 Å². The summed E-state index contributed by atoms with van der Waals surface area (Å²) in [6, 6.07) is 0. The lowest BCUT2D eigenvalue weighted by Gasteiger charge is -2.41. The van der Waals surface area contributed by atoms with Crippen LogP contribution in [0.4, 0.5) is 0 Å². The molecule has 1 aliphatic heterocycles. The average Bonchev–Trinajstić information content (AvgIpc) is 2.75. The van der Waals surface area contributed by atoms with E-state index in [0.29, 0.717) is 18.8 Å². The molecule has 2 heterocycles. The molecule has 1 aliphatic rings. The molecule has 0 aromatic carbocycles. The number of nitrogens with zero attached hydrogens (tertiary/aromatic N) is 3. The van der Waals surface area contributed by atoms with Gasteiger partial charge < -0.3 is 0 Å². The molecular formula is C12H22N4O2S. The number of hydrogen-bond acceptors (Lipinski definition) is 4. The molecule has 6 nitrogen and oxygen atoms in total. The largest absolute Gasteiger partial charge is 0.296 e. The molecule has 1 aromatic heterocycles. The Balaban J connectivity index is 2.12. The van der Waals surface area contributed by atoms with Gasteiger partial charge in [0, 0.05) is 31.7 Å². The van der Waals surface area contributed by atoms with E-state index in [1.165, 1.54) is 6.20 Å². The Hall–Kier alpha value is -0.920. The van der Waals surface area contributed by atoms with Gasteiger partial charge in [0.25, 0.3) is 0 Å². The first kappa shape index (κ1) is 14.5. The molecule has 0 saturated carbocycles. The summed E-state index contributed by atoms with van der Waals surface area (Å²) < 4.78 is 26.5. The summed E-state index contributed by atoms with van der Waals surface area (Å²) in [7, 11) is -3.41. The van der Waals surface area contributed by atoms with Crippen molar-refractivity contribution in [3.8, 4) is 0 Å². The first-order chi connectivity index (χ1) is 8.73. The monoisotopic (exact) mass is 286 g/mol. The molecule has 1 saturated heterocycles. The van der Waals surface area contributed by atoms with Gasteiger partial charge in [-0.2, -0.15) is 9.40 Å². The minimum atomic E-state index is -3.41. The van der Waals surface area contributed by atoms with Crippen molar-refractivity contribution < 1.29 is 8.42 Å². The van der Waals surface area contributed by atoms with Crippen LogP contribution in [0.25, 0.3) is 0 Å². The van der Waals surface area contributed by atoms with Crippen molar-refractivity contribution in [2.75, 3.05) is 26.2 Å². The van der Waals surface area contributed by atoms with E-state index >= 15 is 0 Å². The second-order valence-electron chi connectivity index (χ2n) is 5.92. The van der Waals surface area contributed by atoms with Crippen LogP contribution in [0, 0.1) is 6.92 Å². The summed E-state index contributed by atoms with van der Waals surface area (Å²) in [5, 5.41) is 6.48. The topological polar surface area (TPSA) is 69.3 Å². The van der Waals surface area contributed by atoms with E-state index in [4.69, 9.17) is 0 Å². The molecule has 0 spiro atoms. The van der Waals surface area contributed by atoms with Gasteiger partial charge in [-0.05, 0) is 27.7 Å². The molecule has 0 unspecified atom stereocenters. The number of aromatic nitrogens is 2. The average molecular weight is 286 g/mol. The fraction of sp³-hybridized carbons (Fsp3) is 0.750. The van der Waals surface area contributed by atoms with Gasteiger partial charge in [0.15, 0.2) is 0 Å². The van der Waals surface area contributed by atoms with Crippen molar-refractivity contribution in [3.05, 3.63) is 11.9 Å². The van der Waals surface area contributed by atoms with E-state index in [0.717, 1.165) is 13.1 Å². The molecule has 1 N–H and O–H groups in total. The Kier molecular flexibility index (Phi) is 3.72. The van der Waals surface area contributed by atoms with Crippen LogP contribution in [0.2, 0.25) is 0 Å². The number of aryl methyl sites for hydroxylation is 1. The van der Waals surface area contributed by atoms with Crippen LogP contribution in [0.3, 0.4) is 0 Å². The summed E-state index contributed by atoms with van der Waals surface area (Å²) in [4.78, 5) is 2.60. The first-order valence-corrected chi connectivity index (χ1v) is 7.92. The van der Waals surface area contributed by atoms with Crippen molar-refractivity contribution in [2.24, 2.45) is 0 Å². The number of hydrogen-bond donors (Lipinski definition) is 1. The molecule has 2 rings (SSSR count). The lowest BCUT2D eigenvalue weighted by Crippen LogP contribution is -2.54. The molecule has 1 aromatic rings. The number of piperazine rings is 1. The highest BCUT2D eigenvalue weighted by molar-refractivity contribution is 7.89. The number of H-pyrrole nitrogens is 1.